The highest BCUT2D eigenvalue weighted by Gasteiger charge is 2.58. The SMILES string of the molecule is CC1=CC[C@@H]2[C@](C)(C[C@@H](O)C[C@@]2(C)C(=O)O)[C@H]1CCc1ccoc1. The average molecular weight is 332 g/mol. The quantitative estimate of drug-likeness (QED) is 0.816. The minimum atomic E-state index is -0.864. The predicted octanol–water partition coefficient (Wildman–Crippen LogP) is 4.05. The lowest BCUT2D eigenvalue weighted by molar-refractivity contribution is -0.170. The van der Waals surface area contributed by atoms with E-state index in [0.29, 0.717) is 18.8 Å². The molecule has 0 amide bonds. The highest BCUT2D eigenvalue weighted by molar-refractivity contribution is 5.75. The highest BCUT2D eigenvalue weighted by atomic mass is 16.4. The first-order valence-corrected chi connectivity index (χ1v) is 8.86. The molecule has 0 aliphatic heterocycles. The first-order chi connectivity index (χ1) is 11.3. The van der Waals surface area contributed by atoms with Gasteiger partial charge < -0.3 is 14.6 Å². The summed E-state index contributed by atoms with van der Waals surface area (Å²) in [6.07, 6.45) is 8.84. The summed E-state index contributed by atoms with van der Waals surface area (Å²) in [4.78, 5) is 12.0. The maximum absolute atomic E-state index is 12.0. The van der Waals surface area contributed by atoms with Gasteiger partial charge in [0.15, 0.2) is 0 Å². The van der Waals surface area contributed by atoms with Crippen LogP contribution in [0.1, 0.15) is 52.0 Å². The second kappa shape index (κ2) is 6.07. The Labute approximate surface area is 143 Å². The van der Waals surface area contributed by atoms with Crippen molar-refractivity contribution in [3.05, 3.63) is 35.8 Å². The zero-order chi connectivity index (χ0) is 17.5. The van der Waals surface area contributed by atoms with Crippen molar-refractivity contribution < 1.29 is 19.4 Å². The fourth-order valence-electron chi connectivity index (χ4n) is 5.50. The van der Waals surface area contributed by atoms with Gasteiger partial charge in [-0.05, 0) is 74.8 Å². The third kappa shape index (κ3) is 2.71. The molecule has 4 heteroatoms. The molecule has 1 aromatic heterocycles. The largest absolute Gasteiger partial charge is 0.481 e. The van der Waals surface area contributed by atoms with Gasteiger partial charge in [-0.15, -0.1) is 0 Å². The van der Waals surface area contributed by atoms with Gasteiger partial charge in [-0.1, -0.05) is 18.6 Å². The Morgan fingerprint density at radius 2 is 2.12 bits per heavy atom. The van der Waals surface area contributed by atoms with E-state index in [2.05, 4.69) is 19.9 Å². The average Bonchev–Trinajstić information content (AvgIpc) is 2.98. The van der Waals surface area contributed by atoms with E-state index >= 15 is 0 Å². The highest BCUT2D eigenvalue weighted by Crippen LogP contribution is 2.60. The molecular weight excluding hydrogens is 304 g/mol. The van der Waals surface area contributed by atoms with Crippen molar-refractivity contribution in [1.29, 1.82) is 0 Å². The van der Waals surface area contributed by atoms with Crippen molar-refractivity contribution in [1.82, 2.24) is 0 Å². The van der Waals surface area contributed by atoms with E-state index in [4.69, 9.17) is 4.42 Å². The lowest BCUT2D eigenvalue weighted by atomic mass is 9.47. The first-order valence-electron chi connectivity index (χ1n) is 8.86. The number of carboxylic acids is 1. The van der Waals surface area contributed by atoms with Crippen LogP contribution in [0, 0.1) is 22.7 Å². The maximum Gasteiger partial charge on any atom is 0.309 e. The summed E-state index contributed by atoms with van der Waals surface area (Å²) in [6.45, 7) is 6.17. The molecule has 1 aromatic rings. The van der Waals surface area contributed by atoms with Gasteiger partial charge in [0.2, 0.25) is 0 Å². The summed E-state index contributed by atoms with van der Waals surface area (Å²) in [5.74, 6) is -0.428. The Balaban J connectivity index is 1.92. The Morgan fingerprint density at radius 3 is 2.75 bits per heavy atom. The van der Waals surface area contributed by atoms with E-state index in [-0.39, 0.29) is 11.3 Å². The molecule has 0 unspecified atom stereocenters. The van der Waals surface area contributed by atoms with Crippen molar-refractivity contribution in [3.8, 4) is 0 Å². The number of aliphatic hydroxyl groups excluding tert-OH is 1. The molecule has 0 saturated heterocycles. The van der Waals surface area contributed by atoms with Crippen molar-refractivity contribution in [2.45, 2.75) is 59.0 Å². The molecule has 2 N–H and O–H groups in total. The van der Waals surface area contributed by atoms with Gasteiger partial charge in [0, 0.05) is 0 Å². The minimum absolute atomic E-state index is 0.0592. The molecule has 2 aliphatic carbocycles. The molecule has 1 fully saturated rings. The number of rotatable bonds is 4. The van der Waals surface area contributed by atoms with Crippen LogP contribution in [0.3, 0.4) is 0 Å². The number of allylic oxidation sites excluding steroid dienone is 2. The number of carboxylic acid groups (broad SMARTS) is 1. The molecule has 24 heavy (non-hydrogen) atoms. The number of hydrogen-bond donors (Lipinski definition) is 2. The summed E-state index contributed by atoms with van der Waals surface area (Å²) in [6, 6.07) is 1.98. The first kappa shape index (κ1) is 17.3. The normalized spacial score (nSPS) is 39.2. The number of aliphatic hydroxyl groups is 1. The van der Waals surface area contributed by atoms with Crippen molar-refractivity contribution >= 4 is 5.97 Å². The summed E-state index contributed by atoms with van der Waals surface area (Å²) >= 11 is 0. The summed E-state index contributed by atoms with van der Waals surface area (Å²) in [5, 5.41) is 20.3. The van der Waals surface area contributed by atoms with Gasteiger partial charge in [-0.2, -0.15) is 0 Å². The van der Waals surface area contributed by atoms with Gasteiger partial charge in [0.25, 0.3) is 0 Å². The van der Waals surface area contributed by atoms with Crippen molar-refractivity contribution in [2.75, 3.05) is 0 Å². The zero-order valence-electron chi connectivity index (χ0n) is 14.8. The smallest absolute Gasteiger partial charge is 0.309 e. The van der Waals surface area contributed by atoms with E-state index in [1.165, 1.54) is 11.1 Å². The number of fused-ring (bicyclic) bond motifs is 1. The number of aliphatic carboxylic acids is 1. The lowest BCUT2D eigenvalue weighted by Crippen LogP contribution is -2.56. The Kier molecular flexibility index (Phi) is 4.37. The minimum Gasteiger partial charge on any atom is -0.481 e. The van der Waals surface area contributed by atoms with Crippen LogP contribution in [-0.4, -0.2) is 22.3 Å². The predicted molar refractivity (Wildman–Crippen MR) is 91.5 cm³/mol. The van der Waals surface area contributed by atoms with Crippen molar-refractivity contribution in [3.63, 3.8) is 0 Å². The van der Waals surface area contributed by atoms with Crippen LogP contribution in [0.15, 0.2) is 34.7 Å². The second-order valence-corrected chi connectivity index (χ2v) is 8.25. The van der Waals surface area contributed by atoms with Crippen LogP contribution in [0.2, 0.25) is 0 Å². The van der Waals surface area contributed by atoms with E-state index in [9.17, 15) is 15.0 Å². The van der Waals surface area contributed by atoms with E-state index in [1.807, 2.05) is 13.0 Å². The lowest BCUT2D eigenvalue weighted by Gasteiger charge is -2.57. The van der Waals surface area contributed by atoms with Gasteiger partial charge in [0.05, 0.1) is 24.0 Å². The maximum atomic E-state index is 12.0. The molecule has 3 rings (SSSR count). The molecule has 0 aromatic carbocycles. The summed E-state index contributed by atoms with van der Waals surface area (Å²) in [7, 11) is 0. The molecule has 0 radical (unpaired) electrons. The molecule has 1 saturated carbocycles. The fourth-order valence-corrected chi connectivity index (χ4v) is 5.50. The number of hydrogen-bond acceptors (Lipinski definition) is 3. The monoisotopic (exact) mass is 332 g/mol. The second-order valence-electron chi connectivity index (χ2n) is 8.25. The molecule has 0 spiro atoms. The molecular formula is C20H28O4. The Hall–Kier alpha value is -1.55. The van der Waals surface area contributed by atoms with Crippen LogP contribution in [0.5, 0.6) is 0 Å². The van der Waals surface area contributed by atoms with Crippen molar-refractivity contribution in [2.24, 2.45) is 22.7 Å². The van der Waals surface area contributed by atoms with Crippen LogP contribution in [0.4, 0.5) is 0 Å². The molecule has 5 atom stereocenters. The molecule has 1 heterocycles. The number of carbonyl (C=O) groups is 1. The third-order valence-corrected chi connectivity index (χ3v) is 6.71. The third-order valence-electron chi connectivity index (χ3n) is 6.71. The molecule has 0 bridgehead atoms. The van der Waals surface area contributed by atoms with E-state index < -0.39 is 17.5 Å². The Morgan fingerprint density at radius 1 is 1.38 bits per heavy atom. The number of furan rings is 1. The Bertz CT molecular complexity index is 632. The van der Waals surface area contributed by atoms with Gasteiger partial charge in [0.1, 0.15) is 0 Å². The van der Waals surface area contributed by atoms with Gasteiger partial charge in [-0.3, -0.25) is 4.79 Å². The van der Waals surface area contributed by atoms with Crippen LogP contribution in [-0.2, 0) is 11.2 Å². The molecule has 4 nitrogen and oxygen atoms in total. The summed E-state index contributed by atoms with van der Waals surface area (Å²) in [5.41, 5.74) is 1.45. The van der Waals surface area contributed by atoms with E-state index in [1.54, 1.807) is 12.5 Å². The summed E-state index contributed by atoms with van der Waals surface area (Å²) < 4.78 is 5.16. The topological polar surface area (TPSA) is 70.7 Å². The van der Waals surface area contributed by atoms with Crippen LogP contribution >= 0.6 is 0 Å². The van der Waals surface area contributed by atoms with E-state index in [0.717, 1.165) is 19.3 Å². The molecule has 132 valence electrons. The van der Waals surface area contributed by atoms with Crippen LogP contribution < -0.4 is 0 Å². The van der Waals surface area contributed by atoms with Crippen LogP contribution in [0.25, 0.3) is 0 Å². The number of aryl methyl sites for hydroxylation is 1. The fraction of sp³-hybridized carbons (Fsp3) is 0.650. The zero-order valence-corrected chi connectivity index (χ0v) is 14.8. The standard InChI is InChI=1S/C20H28O4/c1-13-4-7-17-19(2,10-15(21)11-20(17,3)18(22)23)16(13)6-5-14-8-9-24-12-14/h4,8-9,12,15-17,21H,5-7,10-11H2,1-3H3,(H,22,23)/t15-,16+,17-,19-,20-/m1/s1. The van der Waals surface area contributed by atoms with Gasteiger partial charge >= 0.3 is 5.97 Å². The molecule has 2 aliphatic rings. The van der Waals surface area contributed by atoms with Gasteiger partial charge in [-0.25, -0.2) is 0 Å².